The molecule has 0 amide bonds. The van der Waals surface area contributed by atoms with Crippen molar-refractivity contribution < 1.29 is 8.78 Å². The van der Waals surface area contributed by atoms with Gasteiger partial charge in [0.2, 0.25) is 0 Å². The Morgan fingerprint density at radius 1 is 1.17 bits per heavy atom. The average Bonchev–Trinajstić information content (AvgIpc) is 2.49. The highest BCUT2D eigenvalue weighted by Gasteiger charge is 2.10. The summed E-state index contributed by atoms with van der Waals surface area (Å²) in [4.78, 5) is 2.88. The maximum absolute atomic E-state index is 12.4. The Hall–Kier alpha value is -1.38. The number of benzene rings is 1. The Bertz CT molecular complexity index is 392. The maximum Gasteiger partial charge on any atom is 0.264 e. The number of nitrogens with one attached hydrogen (secondary N) is 1. The third-order valence-corrected chi connectivity index (χ3v) is 1.86. The molecule has 12 heavy (non-hydrogen) atoms. The van der Waals surface area contributed by atoms with Crippen LogP contribution in [0.15, 0.2) is 30.5 Å². The van der Waals surface area contributed by atoms with Crippen LogP contribution in [0.1, 0.15) is 12.0 Å². The van der Waals surface area contributed by atoms with E-state index in [-0.39, 0.29) is 5.56 Å². The van der Waals surface area contributed by atoms with Gasteiger partial charge in [-0.25, -0.2) is 8.78 Å². The number of hydrogen-bond acceptors (Lipinski definition) is 0. The normalized spacial score (nSPS) is 11.2. The van der Waals surface area contributed by atoms with Crippen LogP contribution in [-0.2, 0) is 0 Å². The van der Waals surface area contributed by atoms with E-state index in [0.29, 0.717) is 5.39 Å². The fraction of sp³-hybridized carbons (Fsp3) is 0.111. The number of hydrogen-bond donors (Lipinski definition) is 1. The summed E-state index contributed by atoms with van der Waals surface area (Å²) < 4.78 is 24.7. The second-order valence-electron chi connectivity index (χ2n) is 2.59. The second-order valence-corrected chi connectivity index (χ2v) is 2.59. The van der Waals surface area contributed by atoms with Crippen molar-refractivity contribution in [2.45, 2.75) is 6.43 Å². The number of alkyl halides is 2. The Balaban J connectivity index is 2.73. The van der Waals surface area contributed by atoms with E-state index in [2.05, 4.69) is 4.98 Å². The molecule has 0 radical (unpaired) electrons. The monoisotopic (exact) mass is 167 g/mol. The number of H-pyrrole nitrogens is 1. The minimum Gasteiger partial charge on any atom is -0.361 e. The lowest BCUT2D eigenvalue weighted by Gasteiger charge is -1.99. The third kappa shape index (κ3) is 0.978. The van der Waals surface area contributed by atoms with Crippen LogP contribution in [0, 0.1) is 0 Å². The molecule has 0 bridgehead atoms. The summed E-state index contributed by atoms with van der Waals surface area (Å²) in [5.74, 6) is 0. The molecule has 0 aliphatic heterocycles. The Morgan fingerprint density at radius 3 is 2.75 bits per heavy atom. The first-order valence-electron chi connectivity index (χ1n) is 3.63. The van der Waals surface area contributed by atoms with Crippen molar-refractivity contribution in [1.82, 2.24) is 4.98 Å². The molecular weight excluding hydrogens is 160 g/mol. The van der Waals surface area contributed by atoms with Crippen LogP contribution in [0.4, 0.5) is 8.78 Å². The van der Waals surface area contributed by atoms with Gasteiger partial charge in [-0.05, 0) is 12.1 Å². The number of aromatic nitrogens is 1. The molecular formula is C9H7F2N. The third-order valence-electron chi connectivity index (χ3n) is 1.86. The zero-order valence-electron chi connectivity index (χ0n) is 6.22. The van der Waals surface area contributed by atoms with Gasteiger partial charge < -0.3 is 4.98 Å². The van der Waals surface area contributed by atoms with Crippen molar-refractivity contribution in [3.05, 3.63) is 36.0 Å². The minimum absolute atomic E-state index is 0.0914. The smallest absolute Gasteiger partial charge is 0.264 e. The van der Waals surface area contributed by atoms with Gasteiger partial charge in [-0.3, -0.25) is 0 Å². The number of rotatable bonds is 1. The quantitative estimate of drug-likeness (QED) is 0.671. The zero-order valence-corrected chi connectivity index (χ0v) is 6.22. The van der Waals surface area contributed by atoms with E-state index >= 15 is 0 Å². The van der Waals surface area contributed by atoms with Gasteiger partial charge in [0, 0.05) is 22.7 Å². The van der Waals surface area contributed by atoms with Gasteiger partial charge in [-0.1, -0.05) is 12.1 Å². The minimum atomic E-state index is -2.40. The van der Waals surface area contributed by atoms with Crippen molar-refractivity contribution in [1.29, 1.82) is 0 Å². The molecule has 0 fully saturated rings. The highest BCUT2D eigenvalue weighted by molar-refractivity contribution is 5.83. The number of fused-ring (bicyclic) bond motifs is 1. The van der Waals surface area contributed by atoms with Crippen molar-refractivity contribution in [3.63, 3.8) is 0 Å². The van der Waals surface area contributed by atoms with Gasteiger partial charge in [-0.2, -0.15) is 0 Å². The predicted octanol–water partition coefficient (Wildman–Crippen LogP) is 3.11. The van der Waals surface area contributed by atoms with E-state index in [1.54, 1.807) is 24.4 Å². The molecule has 0 atom stereocenters. The van der Waals surface area contributed by atoms with E-state index in [1.807, 2.05) is 0 Å². The van der Waals surface area contributed by atoms with Crippen LogP contribution < -0.4 is 0 Å². The molecule has 1 aromatic carbocycles. The van der Waals surface area contributed by atoms with E-state index in [0.717, 1.165) is 5.52 Å². The molecule has 0 unspecified atom stereocenters. The molecule has 1 nitrogen and oxygen atoms in total. The summed E-state index contributed by atoms with van der Waals surface area (Å²) in [7, 11) is 0. The Kier molecular flexibility index (Phi) is 1.57. The van der Waals surface area contributed by atoms with Crippen LogP contribution in [-0.4, -0.2) is 4.98 Å². The lowest BCUT2D eigenvalue weighted by atomic mass is 10.1. The first kappa shape index (κ1) is 7.28. The molecule has 2 aromatic rings. The first-order valence-corrected chi connectivity index (χ1v) is 3.63. The highest BCUT2D eigenvalue weighted by Crippen LogP contribution is 2.26. The first-order chi connectivity index (χ1) is 5.79. The topological polar surface area (TPSA) is 15.8 Å². The fourth-order valence-corrected chi connectivity index (χ4v) is 1.30. The molecule has 3 heteroatoms. The van der Waals surface area contributed by atoms with Crippen molar-refractivity contribution >= 4 is 10.9 Å². The van der Waals surface area contributed by atoms with Crippen LogP contribution >= 0.6 is 0 Å². The van der Waals surface area contributed by atoms with Gasteiger partial charge in [-0.15, -0.1) is 0 Å². The molecule has 0 spiro atoms. The van der Waals surface area contributed by atoms with E-state index in [1.165, 1.54) is 6.07 Å². The molecule has 1 aromatic heterocycles. The predicted molar refractivity (Wildman–Crippen MR) is 43.3 cm³/mol. The van der Waals surface area contributed by atoms with Crippen LogP contribution in [0.5, 0.6) is 0 Å². The van der Waals surface area contributed by atoms with Gasteiger partial charge in [0.25, 0.3) is 6.43 Å². The van der Waals surface area contributed by atoms with Gasteiger partial charge >= 0.3 is 0 Å². The van der Waals surface area contributed by atoms with Crippen LogP contribution in [0.2, 0.25) is 0 Å². The maximum atomic E-state index is 12.4. The Morgan fingerprint density at radius 2 is 2.00 bits per heavy atom. The van der Waals surface area contributed by atoms with Gasteiger partial charge in [0.15, 0.2) is 0 Å². The summed E-state index contributed by atoms with van der Waals surface area (Å²) >= 11 is 0. The molecule has 1 heterocycles. The molecule has 0 saturated carbocycles. The van der Waals surface area contributed by atoms with Gasteiger partial charge in [0.1, 0.15) is 0 Å². The number of halogens is 2. The van der Waals surface area contributed by atoms with Crippen molar-refractivity contribution in [2.24, 2.45) is 0 Å². The van der Waals surface area contributed by atoms with Crippen molar-refractivity contribution in [2.75, 3.05) is 0 Å². The SMILES string of the molecule is FC(F)c1cccc2[nH]ccc12. The lowest BCUT2D eigenvalue weighted by Crippen LogP contribution is -1.83. The molecule has 0 aliphatic rings. The Labute approximate surface area is 68.0 Å². The molecule has 0 aliphatic carbocycles. The molecule has 2 rings (SSSR count). The zero-order chi connectivity index (χ0) is 8.55. The summed E-state index contributed by atoms with van der Waals surface area (Å²) in [6, 6.07) is 6.51. The van der Waals surface area contributed by atoms with Crippen molar-refractivity contribution in [3.8, 4) is 0 Å². The fourth-order valence-electron chi connectivity index (χ4n) is 1.30. The molecule has 0 saturated heterocycles. The standard InChI is InChI=1S/C9H7F2N/c10-9(11)7-2-1-3-8-6(7)4-5-12-8/h1-5,9,12H. The largest absolute Gasteiger partial charge is 0.361 e. The van der Waals surface area contributed by atoms with Crippen LogP contribution in [0.3, 0.4) is 0 Å². The number of aromatic amines is 1. The van der Waals surface area contributed by atoms with Crippen LogP contribution in [0.25, 0.3) is 10.9 Å². The lowest BCUT2D eigenvalue weighted by molar-refractivity contribution is 0.153. The average molecular weight is 167 g/mol. The van der Waals surface area contributed by atoms with E-state index in [9.17, 15) is 8.78 Å². The second kappa shape index (κ2) is 2.59. The molecule has 62 valence electrons. The van der Waals surface area contributed by atoms with E-state index < -0.39 is 6.43 Å². The summed E-state index contributed by atoms with van der Waals surface area (Å²) in [6.07, 6.45) is -0.735. The molecule has 1 N–H and O–H groups in total. The van der Waals surface area contributed by atoms with Gasteiger partial charge in [0.05, 0.1) is 0 Å². The summed E-state index contributed by atoms with van der Waals surface area (Å²) in [5.41, 5.74) is 0.849. The highest BCUT2D eigenvalue weighted by atomic mass is 19.3. The van der Waals surface area contributed by atoms with E-state index in [4.69, 9.17) is 0 Å². The summed E-state index contributed by atoms with van der Waals surface area (Å²) in [6.45, 7) is 0. The summed E-state index contributed by atoms with van der Waals surface area (Å²) in [5, 5.41) is 0.604.